The van der Waals surface area contributed by atoms with Crippen molar-refractivity contribution in [3.05, 3.63) is 35.9 Å². The number of piperazine rings is 1. The van der Waals surface area contributed by atoms with Crippen LogP contribution < -0.4 is 0 Å². The maximum absolute atomic E-state index is 11.6. The van der Waals surface area contributed by atoms with E-state index in [9.17, 15) is 4.79 Å². The molecule has 3 nitrogen and oxygen atoms in total. The Morgan fingerprint density at radius 3 is 2.58 bits per heavy atom. The van der Waals surface area contributed by atoms with Crippen molar-refractivity contribution in [2.45, 2.75) is 25.8 Å². The van der Waals surface area contributed by atoms with Crippen molar-refractivity contribution < 1.29 is 4.79 Å². The molecule has 0 aromatic heterocycles. The molecule has 102 valence electrons. The van der Waals surface area contributed by atoms with Gasteiger partial charge in [-0.3, -0.25) is 9.69 Å². The van der Waals surface area contributed by atoms with Crippen molar-refractivity contribution in [1.82, 2.24) is 9.80 Å². The fourth-order valence-corrected chi connectivity index (χ4v) is 2.95. The minimum atomic E-state index is 0.201. The zero-order chi connectivity index (χ0) is 13.2. The monoisotopic (exact) mass is 258 g/mol. The van der Waals surface area contributed by atoms with Crippen LogP contribution in [0.25, 0.3) is 0 Å². The predicted octanol–water partition coefficient (Wildman–Crippen LogP) is 2.30. The normalized spacial score (nSPS) is 24.5. The summed E-state index contributed by atoms with van der Waals surface area (Å²) in [5.74, 6) is 1.10. The maximum atomic E-state index is 11.6. The van der Waals surface area contributed by atoms with Gasteiger partial charge in [-0.05, 0) is 24.3 Å². The third-order valence-corrected chi connectivity index (χ3v) is 4.31. The van der Waals surface area contributed by atoms with Crippen LogP contribution in [0.4, 0.5) is 0 Å². The molecule has 0 bridgehead atoms. The average molecular weight is 258 g/mol. The lowest BCUT2D eigenvalue weighted by Gasteiger charge is -2.41. The van der Waals surface area contributed by atoms with Crippen LogP contribution >= 0.6 is 0 Å². The summed E-state index contributed by atoms with van der Waals surface area (Å²) < 4.78 is 0. The Balaban J connectivity index is 1.77. The zero-order valence-corrected chi connectivity index (χ0v) is 11.6. The van der Waals surface area contributed by atoms with Gasteiger partial charge in [0.2, 0.25) is 5.91 Å². The molecule has 1 aromatic rings. The quantitative estimate of drug-likeness (QED) is 0.830. The van der Waals surface area contributed by atoms with Crippen LogP contribution in [0, 0.1) is 5.92 Å². The highest BCUT2D eigenvalue weighted by Gasteiger charge is 2.33. The van der Waals surface area contributed by atoms with Gasteiger partial charge in [0, 0.05) is 33.1 Å². The van der Waals surface area contributed by atoms with Gasteiger partial charge < -0.3 is 4.90 Å². The summed E-state index contributed by atoms with van der Waals surface area (Å²) in [4.78, 5) is 16.2. The van der Waals surface area contributed by atoms with Gasteiger partial charge in [-0.1, -0.05) is 30.3 Å². The first-order valence-corrected chi connectivity index (χ1v) is 7.28. The van der Waals surface area contributed by atoms with E-state index in [1.54, 1.807) is 6.92 Å². The Morgan fingerprint density at radius 1 is 1.21 bits per heavy atom. The fourth-order valence-electron chi connectivity index (χ4n) is 2.95. The minimum absolute atomic E-state index is 0.201. The topological polar surface area (TPSA) is 23.6 Å². The van der Waals surface area contributed by atoms with Crippen LogP contribution in [0.5, 0.6) is 0 Å². The van der Waals surface area contributed by atoms with E-state index in [-0.39, 0.29) is 5.91 Å². The van der Waals surface area contributed by atoms with Gasteiger partial charge in [-0.15, -0.1) is 0 Å². The Hall–Kier alpha value is -1.35. The molecule has 1 amide bonds. The molecule has 3 rings (SSSR count). The molecule has 1 unspecified atom stereocenters. The molecule has 1 saturated carbocycles. The van der Waals surface area contributed by atoms with Gasteiger partial charge in [-0.2, -0.15) is 0 Å². The summed E-state index contributed by atoms with van der Waals surface area (Å²) in [7, 11) is 0. The van der Waals surface area contributed by atoms with E-state index in [1.165, 1.54) is 24.9 Å². The number of benzene rings is 1. The first-order chi connectivity index (χ1) is 9.24. The van der Waals surface area contributed by atoms with E-state index < -0.39 is 0 Å². The van der Waals surface area contributed by atoms with Crippen LogP contribution in [0.15, 0.2) is 30.3 Å². The highest BCUT2D eigenvalue weighted by Crippen LogP contribution is 2.34. The molecule has 2 fully saturated rings. The minimum Gasteiger partial charge on any atom is -0.340 e. The molecule has 2 aliphatic rings. The van der Waals surface area contributed by atoms with Crippen molar-refractivity contribution in [2.75, 3.05) is 26.2 Å². The number of rotatable bonds is 3. The summed E-state index contributed by atoms with van der Waals surface area (Å²) in [5, 5.41) is 0. The molecule has 1 saturated heterocycles. The molecule has 1 aromatic carbocycles. The standard InChI is InChI=1S/C16H22N2O/c1-13(19)17-9-10-18(11-14-7-8-14)16(12-17)15-5-3-2-4-6-15/h2-6,14,16H,7-12H2,1H3. The third-order valence-electron chi connectivity index (χ3n) is 4.31. The SMILES string of the molecule is CC(=O)N1CCN(CC2CC2)C(c2ccccc2)C1. The van der Waals surface area contributed by atoms with Crippen LogP contribution in [0.2, 0.25) is 0 Å². The molecule has 0 spiro atoms. The van der Waals surface area contributed by atoms with Crippen LogP contribution in [0.3, 0.4) is 0 Å². The summed E-state index contributed by atoms with van der Waals surface area (Å²) in [6.07, 6.45) is 2.77. The van der Waals surface area contributed by atoms with Gasteiger partial charge in [0.25, 0.3) is 0 Å². The highest BCUT2D eigenvalue weighted by atomic mass is 16.2. The predicted molar refractivity (Wildman–Crippen MR) is 75.7 cm³/mol. The smallest absolute Gasteiger partial charge is 0.219 e. The highest BCUT2D eigenvalue weighted by molar-refractivity contribution is 5.73. The lowest BCUT2D eigenvalue weighted by Crippen LogP contribution is -2.50. The van der Waals surface area contributed by atoms with Gasteiger partial charge in [0.05, 0.1) is 6.04 Å². The second-order valence-electron chi connectivity index (χ2n) is 5.83. The van der Waals surface area contributed by atoms with Crippen LogP contribution in [-0.2, 0) is 4.79 Å². The fraction of sp³-hybridized carbons (Fsp3) is 0.562. The molecule has 0 radical (unpaired) electrons. The van der Waals surface area contributed by atoms with E-state index in [2.05, 4.69) is 35.2 Å². The Morgan fingerprint density at radius 2 is 1.95 bits per heavy atom. The second-order valence-corrected chi connectivity index (χ2v) is 5.83. The van der Waals surface area contributed by atoms with Crippen molar-refractivity contribution in [3.8, 4) is 0 Å². The van der Waals surface area contributed by atoms with E-state index in [4.69, 9.17) is 0 Å². The van der Waals surface area contributed by atoms with Gasteiger partial charge >= 0.3 is 0 Å². The largest absolute Gasteiger partial charge is 0.340 e. The Kier molecular flexibility index (Phi) is 3.56. The van der Waals surface area contributed by atoms with E-state index >= 15 is 0 Å². The second kappa shape index (κ2) is 5.33. The third kappa shape index (κ3) is 2.98. The number of carbonyl (C=O) groups is 1. The van der Waals surface area contributed by atoms with Crippen molar-refractivity contribution in [3.63, 3.8) is 0 Å². The summed E-state index contributed by atoms with van der Waals surface area (Å²) in [5.41, 5.74) is 1.34. The molecule has 0 N–H and O–H groups in total. The molecule has 1 aliphatic carbocycles. The van der Waals surface area contributed by atoms with Crippen molar-refractivity contribution in [2.24, 2.45) is 5.92 Å². The zero-order valence-electron chi connectivity index (χ0n) is 11.6. The maximum Gasteiger partial charge on any atom is 0.219 e. The molecule has 1 atom stereocenters. The number of hydrogen-bond donors (Lipinski definition) is 0. The first kappa shape index (κ1) is 12.7. The molecule has 1 heterocycles. The number of hydrogen-bond acceptors (Lipinski definition) is 2. The van der Waals surface area contributed by atoms with Gasteiger partial charge in [-0.25, -0.2) is 0 Å². The van der Waals surface area contributed by atoms with Gasteiger partial charge in [0.15, 0.2) is 0 Å². The molecule has 1 aliphatic heterocycles. The van der Waals surface area contributed by atoms with Crippen LogP contribution in [-0.4, -0.2) is 41.9 Å². The summed E-state index contributed by atoms with van der Waals surface area (Å²) in [6.45, 7) is 5.61. The summed E-state index contributed by atoms with van der Waals surface area (Å²) in [6, 6.07) is 11.0. The Bertz CT molecular complexity index is 441. The molecule has 19 heavy (non-hydrogen) atoms. The first-order valence-electron chi connectivity index (χ1n) is 7.28. The van der Waals surface area contributed by atoms with Gasteiger partial charge in [0.1, 0.15) is 0 Å². The molecule has 3 heteroatoms. The lowest BCUT2D eigenvalue weighted by atomic mass is 10.0. The molecular weight excluding hydrogens is 236 g/mol. The van der Waals surface area contributed by atoms with Crippen molar-refractivity contribution >= 4 is 5.91 Å². The van der Waals surface area contributed by atoms with Crippen molar-refractivity contribution in [1.29, 1.82) is 0 Å². The molecular formula is C16H22N2O. The lowest BCUT2D eigenvalue weighted by molar-refractivity contribution is -0.132. The van der Waals surface area contributed by atoms with E-state index in [1.807, 2.05) is 4.90 Å². The number of carbonyl (C=O) groups excluding carboxylic acids is 1. The van der Waals surface area contributed by atoms with E-state index in [0.29, 0.717) is 6.04 Å². The summed E-state index contributed by atoms with van der Waals surface area (Å²) >= 11 is 0. The average Bonchev–Trinajstić information content (AvgIpc) is 3.24. The Labute approximate surface area is 115 Å². The number of nitrogens with zero attached hydrogens (tertiary/aromatic N) is 2. The number of amides is 1. The van der Waals surface area contributed by atoms with Crippen LogP contribution in [0.1, 0.15) is 31.4 Å². The van der Waals surface area contributed by atoms with E-state index in [0.717, 1.165) is 25.6 Å².